The van der Waals surface area contributed by atoms with Crippen LogP contribution >= 0.6 is 11.8 Å². The van der Waals surface area contributed by atoms with Gasteiger partial charge in [-0.3, -0.25) is 4.79 Å². The van der Waals surface area contributed by atoms with Gasteiger partial charge >= 0.3 is 6.36 Å². The molecule has 1 aromatic heterocycles. The Morgan fingerprint density at radius 2 is 1.78 bits per heavy atom. The van der Waals surface area contributed by atoms with Gasteiger partial charge in [-0.1, -0.05) is 53.0 Å². The van der Waals surface area contributed by atoms with Gasteiger partial charge in [0, 0.05) is 17.0 Å². The van der Waals surface area contributed by atoms with E-state index in [0.717, 1.165) is 47.7 Å². The molecule has 0 aliphatic heterocycles. The smallest absolute Gasteiger partial charge is 0.406 e. The number of hydrogen-bond acceptors (Lipinski definition) is 5. The molecule has 0 fully saturated rings. The van der Waals surface area contributed by atoms with E-state index in [0.29, 0.717) is 5.69 Å². The van der Waals surface area contributed by atoms with E-state index < -0.39 is 6.36 Å². The van der Waals surface area contributed by atoms with Gasteiger partial charge in [0.2, 0.25) is 0 Å². The Morgan fingerprint density at radius 1 is 1.19 bits per heavy atom. The van der Waals surface area contributed by atoms with Crippen molar-refractivity contribution >= 4 is 17.5 Å². The molecule has 1 aromatic carbocycles. The molecule has 1 atom stereocenters. The van der Waals surface area contributed by atoms with Crippen LogP contribution in [-0.2, 0) is 4.79 Å². The summed E-state index contributed by atoms with van der Waals surface area (Å²) in [7, 11) is 0. The normalized spacial score (nSPS) is 10.9. The van der Waals surface area contributed by atoms with Crippen molar-refractivity contribution in [3.8, 4) is 28.2 Å². The predicted molar refractivity (Wildman–Crippen MR) is 143 cm³/mol. The average molecular weight is 523 g/mol. The SMILES string of the molecule is C=CC(C)=O.CC.CC#CSc1nc(C(CC)CCCC)nc(-c2ccc(OC(F)(F)F)cc2)c1C. The summed E-state index contributed by atoms with van der Waals surface area (Å²) in [4.78, 5) is 19.3. The van der Waals surface area contributed by atoms with Crippen molar-refractivity contribution in [1.29, 1.82) is 0 Å². The van der Waals surface area contributed by atoms with E-state index >= 15 is 0 Å². The standard InChI is InChI=1S/C22H25F3N2OS.C4H6O.C2H6/c1-5-8-9-16(7-3)20-26-19(15(4)21(27-20)29-14-6-2)17-10-12-18(13-11-17)28-22(23,24)25;1-3-4(2)5;1-2/h10-13,16H,5,7-9H2,1-4H3;3H,1H2,2H3;1-2H3. The van der Waals surface area contributed by atoms with E-state index in [1.54, 1.807) is 19.1 Å². The molecule has 4 nitrogen and oxygen atoms in total. The van der Waals surface area contributed by atoms with Crippen molar-refractivity contribution in [3.63, 3.8) is 0 Å². The first-order chi connectivity index (χ1) is 17.1. The van der Waals surface area contributed by atoms with Gasteiger partial charge in [-0.15, -0.1) is 13.2 Å². The highest BCUT2D eigenvalue weighted by Gasteiger charge is 2.31. The molecule has 2 rings (SSSR count). The first-order valence-electron chi connectivity index (χ1n) is 12.0. The molecule has 8 heteroatoms. The number of ether oxygens (including phenoxy) is 1. The van der Waals surface area contributed by atoms with Gasteiger partial charge in [-0.2, -0.15) is 0 Å². The predicted octanol–water partition coefficient (Wildman–Crippen LogP) is 8.89. The number of nitrogens with zero attached hydrogens (tertiary/aromatic N) is 2. The minimum absolute atomic E-state index is 0.0185. The summed E-state index contributed by atoms with van der Waals surface area (Å²) in [5.74, 6) is 3.62. The maximum atomic E-state index is 12.4. The van der Waals surface area contributed by atoms with Crippen molar-refractivity contribution in [2.75, 3.05) is 0 Å². The highest BCUT2D eigenvalue weighted by molar-refractivity contribution is 8.03. The maximum absolute atomic E-state index is 12.4. The van der Waals surface area contributed by atoms with E-state index in [2.05, 4.69) is 36.3 Å². The van der Waals surface area contributed by atoms with Gasteiger partial charge < -0.3 is 4.74 Å². The number of hydrogen-bond donors (Lipinski definition) is 0. The van der Waals surface area contributed by atoms with Crippen molar-refractivity contribution in [1.82, 2.24) is 9.97 Å². The number of thioether (sulfide) groups is 1. The number of carbonyl (C=O) groups excluding carboxylic acids is 1. The van der Waals surface area contributed by atoms with E-state index in [9.17, 15) is 18.0 Å². The molecule has 0 radical (unpaired) electrons. The molecule has 0 aliphatic carbocycles. The van der Waals surface area contributed by atoms with Crippen LogP contribution in [0.15, 0.2) is 41.9 Å². The lowest BCUT2D eigenvalue weighted by Gasteiger charge is -2.17. The number of rotatable bonds is 9. The Bertz CT molecular complexity index is 1010. The molecule has 1 heterocycles. The lowest BCUT2D eigenvalue weighted by atomic mass is 9.97. The molecule has 0 aliphatic rings. The lowest BCUT2D eigenvalue weighted by molar-refractivity contribution is -0.274. The van der Waals surface area contributed by atoms with Gasteiger partial charge in [-0.05, 0) is 81.0 Å². The second-order valence-electron chi connectivity index (χ2n) is 7.45. The number of halogens is 3. The zero-order valence-corrected chi connectivity index (χ0v) is 23.1. The molecular weight excluding hydrogens is 485 g/mol. The Labute approximate surface area is 218 Å². The molecule has 0 saturated carbocycles. The fourth-order valence-electron chi connectivity index (χ4n) is 2.96. The Balaban J connectivity index is 0.00000156. The van der Waals surface area contributed by atoms with Gasteiger partial charge in [0.15, 0.2) is 5.78 Å². The molecule has 36 heavy (non-hydrogen) atoms. The van der Waals surface area contributed by atoms with E-state index in [4.69, 9.17) is 9.97 Å². The van der Waals surface area contributed by atoms with E-state index in [1.807, 2.05) is 20.8 Å². The number of benzene rings is 1. The van der Waals surface area contributed by atoms with Crippen LogP contribution in [0.25, 0.3) is 11.3 Å². The zero-order chi connectivity index (χ0) is 27.7. The third-order valence-electron chi connectivity index (χ3n) is 4.78. The molecule has 0 bridgehead atoms. The van der Waals surface area contributed by atoms with Crippen molar-refractivity contribution < 1.29 is 22.7 Å². The second kappa shape index (κ2) is 17.6. The van der Waals surface area contributed by atoms with Crippen LogP contribution in [0.1, 0.15) is 84.5 Å². The summed E-state index contributed by atoms with van der Waals surface area (Å²) in [6, 6.07) is 5.79. The minimum atomic E-state index is -4.71. The van der Waals surface area contributed by atoms with Crippen molar-refractivity contribution in [2.24, 2.45) is 0 Å². The second-order valence-corrected chi connectivity index (χ2v) is 8.24. The topological polar surface area (TPSA) is 52.1 Å². The summed E-state index contributed by atoms with van der Waals surface area (Å²) in [6.07, 6.45) is 0.669. The fourth-order valence-corrected chi connectivity index (χ4v) is 3.54. The summed E-state index contributed by atoms with van der Waals surface area (Å²) in [5.41, 5.74) is 2.29. The summed E-state index contributed by atoms with van der Waals surface area (Å²) in [6.45, 7) is 16.6. The summed E-state index contributed by atoms with van der Waals surface area (Å²) < 4.78 is 41.2. The minimum Gasteiger partial charge on any atom is -0.406 e. The van der Waals surface area contributed by atoms with Crippen LogP contribution in [0.2, 0.25) is 0 Å². The van der Waals surface area contributed by atoms with Crippen molar-refractivity contribution in [3.05, 3.63) is 48.3 Å². The number of carbonyl (C=O) groups is 1. The van der Waals surface area contributed by atoms with Gasteiger partial charge in [0.25, 0.3) is 0 Å². The first kappa shape index (κ1) is 33.2. The number of alkyl halides is 3. The van der Waals surface area contributed by atoms with Crippen LogP contribution in [0, 0.1) is 18.1 Å². The number of unbranched alkanes of at least 4 members (excludes halogenated alkanes) is 1. The van der Waals surface area contributed by atoms with E-state index in [1.165, 1.54) is 36.9 Å². The molecular formula is C28H37F3N2O2S. The lowest BCUT2D eigenvalue weighted by Crippen LogP contribution is -2.17. The molecule has 1 unspecified atom stereocenters. The molecule has 198 valence electrons. The van der Waals surface area contributed by atoms with E-state index in [-0.39, 0.29) is 17.5 Å². The molecule has 0 spiro atoms. The summed E-state index contributed by atoms with van der Waals surface area (Å²) in [5, 5.41) is 3.76. The Morgan fingerprint density at radius 3 is 2.22 bits per heavy atom. The highest BCUT2D eigenvalue weighted by atomic mass is 32.2. The zero-order valence-electron chi connectivity index (χ0n) is 22.3. The number of allylic oxidation sites excluding steroid dienone is 1. The first-order valence-corrected chi connectivity index (χ1v) is 12.8. The largest absolute Gasteiger partial charge is 0.573 e. The molecule has 0 N–H and O–H groups in total. The van der Waals surface area contributed by atoms with Crippen LogP contribution in [0.4, 0.5) is 13.2 Å². The van der Waals surface area contributed by atoms with Crippen LogP contribution in [-0.4, -0.2) is 22.1 Å². The molecule has 0 amide bonds. The van der Waals surface area contributed by atoms with Crippen molar-refractivity contribution in [2.45, 2.75) is 91.5 Å². The molecule has 0 saturated heterocycles. The third-order valence-corrected chi connectivity index (χ3v) is 5.68. The van der Waals surface area contributed by atoms with Gasteiger partial charge in [0.05, 0.1) is 5.69 Å². The van der Waals surface area contributed by atoms with Crippen LogP contribution < -0.4 is 4.74 Å². The maximum Gasteiger partial charge on any atom is 0.573 e. The number of aromatic nitrogens is 2. The monoisotopic (exact) mass is 522 g/mol. The Kier molecular flexibility index (Phi) is 16.2. The van der Waals surface area contributed by atoms with Gasteiger partial charge in [-0.25, -0.2) is 9.97 Å². The van der Waals surface area contributed by atoms with Crippen LogP contribution in [0.3, 0.4) is 0 Å². The average Bonchev–Trinajstić information content (AvgIpc) is 2.85. The highest BCUT2D eigenvalue weighted by Crippen LogP contribution is 2.33. The third kappa shape index (κ3) is 12.3. The quantitative estimate of drug-likeness (QED) is 0.142. The molecule has 2 aromatic rings. The Hall–Kier alpha value is -2.79. The fraction of sp³-hybridized carbons (Fsp3) is 0.464. The van der Waals surface area contributed by atoms with Crippen LogP contribution in [0.5, 0.6) is 5.75 Å². The van der Waals surface area contributed by atoms with Gasteiger partial charge in [0.1, 0.15) is 16.6 Å². The number of ketones is 1. The summed E-state index contributed by atoms with van der Waals surface area (Å²) >= 11 is 1.35.